The van der Waals surface area contributed by atoms with E-state index in [1.54, 1.807) is 24.3 Å². The molecule has 0 aromatic heterocycles. The van der Waals surface area contributed by atoms with Crippen molar-refractivity contribution < 1.29 is 14.9 Å². The first-order valence-electron chi connectivity index (χ1n) is 11.0. The van der Waals surface area contributed by atoms with E-state index in [0.717, 1.165) is 28.2 Å². The molecule has 3 N–H and O–H groups in total. The van der Waals surface area contributed by atoms with Crippen LogP contribution in [0.25, 0.3) is 0 Å². The van der Waals surface area contributed by atoms with E-state index >= 15 is 0 Å². The molecule has 0 radical (unpaired) electrons. The van der Waals surface area contributed by atoms with Gasteiger partial charge in [-0.05, 0) is 83.9 Å². The largest absolute Gasteiger partial charge is 0.508 e. The maximum Gasteiger partial charge on any atom is 0.145 e. The van der Waals surface area contributed by atoms with E-state index < -0.39 is 0 Å². The van der Waals surface area contributed by atoms with Crippen LogP contribution in [-0.4, -0.2) is 22.5 Å². The van der Waals surface area contributed by atoms with Gasteiger partial charge in [-0.2, -0.15) is 0 Å². The Balaban J connectivity index is 1.61. The van der Waals surface area contributed by atoms with Crippen molar-refractivity contribution in [2.75, 3.05) is 11.9 Å². The number of benzene rings is 4. The van der Waals surface area contributed by atoms with Crippen molar-refractivity contribution in [1.29, 1.82) is 0 Å². The number of aromatic hydroxyl groups is 2. The fraction of sp³-hybridized carbons (Fsp3) is 0.107. The van der Waals surface area contributed by atoms with Gasteiger partial charge in [0.2, 0.25) is 0 Å². The number of nitrogens with one attached hydrogen (secondary N) is 1. The van der Waals surface area contributed by atoms with Crippen molar-refractivity contribution in [2.24, 2.45) is 10.9 Å². The van der Waals surface area contributed by atoms with E-state index in [0.29, 0.717) is 17.3 Å². The summed E-state index contributed by atoms with van der Waals surface area (Å²) in [5.74, 6) is 0.879. The fourth-order valence-electron chi connectivity index (χ4n) is 4.10. The van der Waals surface area contributed by atoms with Crippen molar-refractivity contribution >= 4 is 28.7 Å². The quantitative estimate of drug-likeness (QED) is 0.302. The Bertz CT molecular complexity index is 1300. The SMILES string of the molecule is Oc1ccc(C2=Nc3ccccc3OC(c3ccc(O)cc3)C2CNc2ccc(Cl)cc2)cc1. The molecular formula is C28H23ClN2O3. The van der Waals surface area contributed by atoms with Gasteiger partial charge in [-0.25, -0.2) is 4.99 Å². The molecule has 2 unspecified atom stereocenters. The van der Waals surface area contributed by atoms with Gasteiger partial charge in [0.05, 0.1) is 11.6 Å². The second-order valence-corrected chi connectivity index (χ2v) is 8.57. The summed E-state index contributed by atoms with van der Waals surface area (Å²) in [5, 5.41) is 23.9. The molecule has 1 aliphatic rings. The lowest BCUT2D eigenvalue weighted by Crippen LogP contribution is -2.32. The highest BCUT2D eigenvalue weighted by Crippen LogP contribution is 2.41. The summed E-state index contributed by atoms with van der Waals surface area (Å²) in [6.07, 6.45) is -0.378. The number of anilines is 1. The first kappa shape index (κ1) is 21.9. The number of hydrogen-bond donors (Lipinski definition) is 3. The molecule has 4 aromatic carbocycles. The molecule has 5 nitrogen and oxygen atoms in total. The zero-order valence-corrected chi connectivity index (χ0v) is 19.0. The van der Waals surface area contributed by atoms with Crippen LogP contribution < -0.4 is 10.1 Å². The minimum atomic E-state index is -0.378. The molecule has 5 rings (SSSR count). The predicted molar refractivity (Wildman–Crippen MR) is 136 cm³/mol. The van der Waals surface area contributed by atoms with Crippen molar-refractivity contribution in [1.82, 2.24) is 0 Å². The lowest BCUT2D eigenvalue weighted by molar-refractivity contribution is 0.176. The van der Waals surface area contributed by atoms with Gasteiger partial charge >= 0.3 is 0 Å². The van der Waals surface area contributed by atoms with Gasteiger partial charge in [-0.1, -0.05) is 35.9 Å². The Hall–Kier alpha value is -3.96. The molecule has 0 bridgehead atoms. The van der Waals surface area contributed by atoms with Gasteiger partial charge in [0.25, 0.3) is 0 Å². The Morgan fingerprint density at radius 3 is 2.15 bits per heavy atom. The summed E-state index contributed by atoms with van der Waals surface area (Å²) in [7, 11) is 0. The zero-order valence-electron chi connectivity index (χ0n) is 18.2. The molecule has 0 amide bonds. The molecule has 6 heteroatoms. The van der Waals surface area contributed by atoms with Gasteiger partial charge in [-0.15, -0.1) is 0 Å². The predicted octanol–water partition coefficient (Wildman–Crippen LogP) is 6.73. The molecule has 170 valence electrons. The van der Waals surface area contributed by atoms with Crippen LogP contribution in [0, 0.1) is 5.92 Å². The first-order chi connectivity index (χ1) is 16.6. The Labute approximate surface area is 203 Å². The van der Waals surface area contributed by atoms with Gasteiger partial charge in [0.15, 0.2) is 0 Å². The molecule has 4 aromatic rings. The summed E-state index contributed by atoms with van der Waals surface area (Å²) >= 11 is 6.06. The molecule has 0 saturated carbocycles. The summed E-state index contributed by atoms with van der Waals surface area (Å²) in [6.45, 7) is 0.529. The van der Waals surface area contributed by atoms with Gasteiger partial charge in [0.1, 0.15) is 29.0 Å². The average Bonchev–Trinajstić information content (AvgIpc) is 3.02. The number of phenolic OH excluding ortho intramolecular Hbond substituents is 2. The molecule has 1 heterocycles. The van der Waals surface area contributed by atoms with Gasteiger partial charge in [0, 0.05) is 17.3 Å². The number of rotatable bonds is 5. The van der Waals surface area contributed by atoms with Crippen LogP contribution in [0.1, 0.15) is 17.2 Å². The van der Waals surface area contributed by atoms with Gasteiger partial charge in [-0.3, -0.25) is 0 Å². The van der Waals surface area contributed by atoms with E-state index in [1.807, 2.05) is 72.8 Å². The summed E-state index contributed by atoms with van der Waals surface area (Å²) < 4.78 is 6.57. The number of aliphatic imine (C=N–C) groups is 1. The lowest BCUT2D eigenvalue weighted by Gasteiger charge is -2.28. The Morgan fingerprint density at radius 2 is 1.44 bits per heavy atom. The zero-order chi connectivity index (χ0) is 23.5. The van der Waals surface area contributed by atoms with Crippen LogP contribution >= 0.6 is 11.6 Å². The molecule has 2 atom stereocenters. The van der Waals surface area contributed by atoms with Crippen LogP contribution in [0.15, 0.2) is 102 Å². The highest BCUT2D eigenvalue weighted by molar-refractivity contribution is 6.30. The molecule has 0 aliphatic carbocycles. The van der Waals surface area contributed by atoms with Crippen LogP contribution in [0.2, 0.25) is 5.02 Å². The number of para-hydroxylation sites is 2. The molecule has 1 aliphatic heterocycles. The number of nitrogens with zero attached hydrogens (tertiary/aromatic N) is 1. The smallest absolute Gasteiger partial charge is 0.145 e. The maximum atomic E-state index is 9.85. The Morgan fingerprint density at radius 1 is 0.794 bits per heavy atom. The van der Waals surface area contributed by atoms with Crippen molar-refractivity contribution in [3.63, 3.8) is 0 Å². The summed E-state index contributed by atoms with van der Waals surface area (Å²) in [4.78, 5) is 5.04. The van der Waals surface area contributed by atoms with Crippen molar-refractivity contribution in [3.05, 3.63) is 113 Å². The monoisotopic (exact) mass is 470 g/mol. The molecule has 0 spiro atoms. The molecule has 0 saturated heterocycles. The van der Waals surface area contributed by atoms with Crippen molar-refractivity contribution in [2.45, 2.75) is 6.10 Å². The summed E-state index contributed by atoms with van der Waals surface area (Å²) in [5.41, 5.74) is 4.32. The van der Waals surface area contributed by atoms with Crippen LogP contribution in [0.4, 0.5) is 11.4 Å². The highest BCUT2D eigenvalue weighted by atomic mass is 35.5. The number of fused-ring (bicyclic) bond motifs is 1. The highest BCUT2D eigenvalue weighted by Gasteiger charge is 2.33. The normalized spacial score (nSPS) is 17.1. The average molecular weight is 471 g/mol. The third-order valence-corrected chi connectivity index (χ3v) is 6.08. The van der Waals surface area contributed by atoms with Crippen LogP contribution in [0.5, 0.6) is 17.2 Å². The van der Waals surface area contributed by atoms with Crippen LogP contribution in [0.3, 0.4) is 0 Å². The van der Waals surface area contributed by atoms with Gasteiger partial charge < -0.3 is 20.3 Å². The molecule has 34 heavy (non-hydrogen) atoms. The van der Waals surface area contributed by atoms with E-state index in [9.17, 15) is 10.2 Å². The Kier molecular flexibility index (Phi) is 6.11. The standard InChI is InChI=1S/C28H23ClN2O3/c29-20-9-11-21(12-10-20)30-17-24-27(18-5-13-22(32)14-6-18)31-25-3-1-2-4-26(25)34-28(24)19-7-15-23(33)16-8-19/h1-16,24,28,30,32-33H,17H2. The first-order valence-corrected chi connectivity index (χ1v) is 11.4. The van der Waals surface area contributed by atoms with Crippen molar-refractivity contribution in [3.8, 4) is 17.2 Å². The van der Waals surface area contributed by atoms with E-state index in [-0.39, 0.29) is 23.5 Å². The maximum absolute atomic E-state index is 9.85. The van der Waals surface area contributed by atoms with E-state index in [2.05, 4.69) is 5.32 Å². The number of hydrogen-bond acceptors (Lipinski definition) is 5. The minimum Gasteiger partial charge on any atom is -0.508 e. The number of ether oxygens (including phenoxy) is 1. The molecule has 0 fully saturated rings. The number of halogens is 1. The van der Waals surface area contributed by atoms with E-state index in [4.69, 9.17) is 21.3 Å². The van der Waals surface area contributed by atoms with Crippen LogP contribution in [-0.2, 0) is 0 Å². The second kappa shape index (κ2) is 9.49. The third-order valence-electron chi connectivity index (χ3n) is 5.83. The minimum absolute atomic E-state index is 0.195. The number of phenols is 2. The third kappa shape index (κ3) is 4.70. The molecular weight excluding hydrogens is 448 g/mol. The topological polar surface area (TPSA) is 74.1 Å². The summed E-state index contributed by atoms with van der Waals surface area (Å²) in [6, 6.07) is 29.4. The van der Waals surface area contributed by atoms with E-state index in [1.165, 1.54) is 0 Å². The fourth-order valence-corrected chi connectivity index (χ4v) is 4.22. The lowest BCUT2D eigenvalue weighted by atomic mass is 9.87. The second-order valence-electron chi connectivity index (χ2n) is 8.14.